The molecule has 1 aliphatic heterocycles. The first-order chi connectivity index (χ1) is 16.5. The van der Waals surface area contributed by atoms with Crippen LogP contribution in [0.2, 0.25) is 0 Å². The number of likely N-dealkylation sites (tertiary alicyclic amines) is 1. The number of aldehydes is 1. The van der Waals surface area contributed by atoms with Crippen molar-refractivity contribution in [2.24, 2.45) is 16.5 Å². The molecule has 0 unspecified atom stereocenters. The Balaban J connectivity index is 1.96. The molecule has 0 spiro atoms. The molecule has 1 aromatic rings. The molecule has 1 heterocycles. The molecule has 11 nitrogen and oxygen atoms in total. The van der Waals surface area contributed by atoms with E-state index >= 15 is 0 Å². The first kappa shape index (κ1) is 27.6. The smallest absolute Gasteiger partial charge is 0.340 e. The molecule has 1 fully saturated rings. The number of guanidine groups is 1. The van der Waals surface area contributed by atoms with E-state index in [1.54, 1.807) is 45.0 Å². The van der Waals surface area contributed by atoms with E-state index in [-0.39, 0.29) is 24.3 Å². The lowest BCUT2D eigenvalue weighted by Gasteiger charge is -2.26. The molecule has 2 atom stereocenters. The molecule has 1 saturated heterocycles. The number of hydrogen-bond donors (Lipinski definition) is 4. The van der Waals surface area contributed by atoms with Gasteiger partial charge in [0.1, 0.15) is 17.9 Å². The zero-order valence-electron chi connectivity index (χ0n) is 20.6. The fourth-order valence-corrected chi connectivity index (χ4v) is 3.73. The molecular weight excluding hydrogens is 452 g/mol. The van der Waals surface area contributed by atoms with Crippen molar-refractivity contribution >= 4 is 35.7 Å². The van der Waals surface area contributed by atoms with Crippen LogP contribution in [0.15, 0.2) is 29.3 Å². The van der Waals surface area contributed by atoms with Crippen LogP contribution < -0.4 is 22.1 Å². The van der Waals surface area contributed by atoms with Gasteiger partial charge in [-0.3, -0.25) is 14.6 Å². The number of nitrogens with one attached hydrogen (secondary N) is 2. The summed E-state index contributed by atoms with van der Waals surface area (Å²) in [5.74, 6) is -1.17. The molecule has 2 amide bonds. The van der Waals surface area contributed by atoms with Crippen LogP contribution in [-0.2, 0) is 19.1 Å². The van der Waals surface area contributed by atoms with Gasteiger partial charge in [-0.05, 0) is 58.6 Å². The van der Waals surface area contributed by atoms with E-state index in [1.807, 2.05) is 0 Å². The van der Waals surface area contributed by atoms with Crippen molar-refractivity contribution in [1.82, 2.24) is 10.2 Å². The number of carbonyl (C=O) groups is 4. The van der Waals surface area contributed by atoms with Crippen LogP contribution >= 0.6 is 0 Å². The highest BCUT2D eigenvalue weighted by molar-refractivity contribution is 5.97. The quantitative estimate of drug-likeness (QED) is 0.116. The number of nitrogens with zero attached hydrogens (tertiary/aromatic N) is 2. The van der Waals surface area contributed by atoms with E-state index in [9.17, 15) is 19.2 Å². The van der Waals surface area contributed by atoms with Crippen LogP contribution in [-0.4, -0.2) is 72.2 Å². The van der Waals surface area contributed by atoms with E-state index in [1.165, 1.54) is 4.90 Å². The topological polar surface area (TPSA) is 169 Å². The number of aliphatic imine (C=N–C) groups is 1. The number of ether oxygens (including phenoxy) is 1. The number of hydrogen-bond acceptors (Lipinski definition) is 7. The summed E-state index contributed by atoms with van der Waals surface area (Å²) in [5.41, 5.74) is 10.7. The lowest BCUT2D eigenvalue weighted by atomic mass is 10.1. The van der Waals surface area contributed by atoms with Crippen LogP contribution in [0, 0.1) is 0 Å². The van der Waals surface area contributed by atoms with Crippen LogP contribution in [0.4, 0.5) is 5.69 Å². The third-order valence-electron chi connectivity index (χ3n) is 5.31. The maximum atomic E-state index is 12.9. The summed E-state index contributed by atoms with van der Waals surface area (Å²) >= 11 is 0. The summed E-state index contributed by atoms with van der Waals surface area (Å²) in [5, 5.41) is 5.71. The van der Waals surface area contributed by atoms with Crippen LogP contribution in [0.3, 0.4) is 0 Å². The van der Waals surface area contributed by atoms with E-state index in [0.717, 1.165) is 0 Å². The first-order valence-electron chi connectivity index (χ1n) is 11.7. The van der Waals surface area contributed by atoms with Crippen molar-refractivity contribution in [2.75, 3.05) is 25.0 Å². The Bertz CT molecular complexity index is 939. The molecule has 0 bridgehead atoms. The van der Waals surface area contributed by atoms with Gasteiger partial charge in [0.15, 0.2) is 5.96 Å². The Morgan fingerprint density at radius 2 is 1.97 bits per heavy atom. The second-order valence-corrected chi connectivity index (χ2v) is 9.35. The molecule has 0 saturated carbocycles. The molecule has 1 aromatic carbocycles. The van der Waals surface area contributed by atoms with Crippen LogP contribution in [0.25, 0.3) is 0 Å². The average molecular weight is 489 g/mol. The molecule has 192 valence electrons. The largest absolute Gasteiger partial charge is 0.456 e. The summed E-state index contributed by atoms with van der Waals surface area (Å²) < 4.78 is 5.44. The third-order valence-corrected chi connectivity index (χ3v) is 5.31. The Hall–Kier alpha value is -3.63. The second-order valence-electron chi connectivity index (χ2n) is 9.35. The van der Waals surface area contributed by atoms with Crippen LogP contribution in [0.5, 0.6) is 0 Å². The van der Waals surface area contributed by atoms with Crippen molar-refractivity contribution in [3.05, 3.63) is 29.8 Å². The number of benzene rings is 1. The minimum absolute atomic E-state index is 0.0286. The van der Waals surface area contributed by atoms with Gasteiger partial charge in [0.2, 0.25) is 11.8 Å². The minimum atomic E-state index is -0.687. The molecule has 11 heteroatoms. The van der Waals surface area contributed by atoms with Gasteiger partial charge in [-0.15, -0.1) is 0 Å². The van der Waals surface area contributed by atoms with Gasteiger partial charge in [-0.1, -0.05) is 12.1 Å². The summed E-state index contributed by atoms with van der Waals surface area (Å²) in [6.45, 7) is 6.03. The number of nitrogens with two attached hydrogens (primary N) is 2. The summed E-state index contributed by atoms with van der Waals surface area (Å²) in [7, 11) is 0. The van der Waals surface area contributed by atoms with Gasteiger partial charge in [0, 0.05) is 18.8 Å². The zero-order chi connectivity index (χ0) is 26.0. The standard InChI is InChI=1S/C24H36N6O5/c1-24(2,3)35-22(34)17-9-4-5-10-18(17)28-14-20(32)30-13-7-11-19(30)21(33)29-16(15-31)8-6-12-27-23(25)26/h4-5,9-10,15-16,19,28H,6-8,11-14H2,1-3H3,(H,29,33)(H4,25,26,27)/t16-,19-/m0/s1. The predicted molar refractivity (Wildman–Crippen MR) is 133 cm³/mol. The molecule has 0 radical (unpaired) electrons. The van der Waals surface area contributed by atoms with Crippen LogP contribution in [0.1, 0.15) is 56.8 Å². The van der Waals surface area contributed by atoms with Gasteiger partial charge in [-0.2, -0.15) is 0 Å². The highest BCUT2D eigenvalue weighted by atomic mass is 16.6. The summed E-state index contributed by atoms with van der Waals surface area (Å²) in [6.07, 6.45) is 2.76. The van der Waals surface area contributed by atoms with Crippen molar-refractivity contribution in [1.29, 1.82) is 0 Å². The fourth-order valence-electron chi connectivity index (χ4n) is 3.73. The third kappa shape index (κ3) is 8.91. The molecule has 2 rings (SSSR count). The lowest BCUT2D eigenvalue weighted by molar-refractivity contribution is -0.137. The normalized spacial score (nSPS) is 16.2. The fraction of sp³-hybridized carbons (Fsp3) is 0.542. The van der Waals surface area contributed by atoms with Gasteiger partial charge in [0.05, 0.1) is 18.2 Å². The number of carbonyl (C=O) groups excluding carboxylic acids is 4. The molecule has 6 N–H and O–H groups in total. The lowest BCUT2D eigenvalue weighted by Crippen LogP contribution is -2.50. The number of rotatable bonds is 11. The first-order valence-corrected chi connectivity index (χ1v) is 11.7. The minimum Gasteiger partial charge on any atom is -0.456 e. The molecular formula is C24H36N6O5. The Labute approximate surface area is 205 Å². The van der Waals surface area contributed by atoms with Gasteiger partial charge in [0.25, 0.3) is 0 Å². The summed E-state index contributed by atoms with van der Waals surface area (Å²) in [6, 6.07) is 5.43. The molecule has 0 aliphatic carbocycles. The predicted octanol–water partition coefficient (Wildman–Crippen LogP) is 0.782. The van der Waals surface area contributed by atoms with E-state index in [0.29, 0.717) is 56.3 Å². The van der Waals surface area contributed by atoms with Gasteiger partial charge < -0.3 is 36.5 Å². The van der Waals surface area contributed by atoms with Crippen molar-refractivity contribution in [2.45, 2.75) is 64.1 Å². The zero-order valence-corrected chi connectivity index (χ0v) is 20.6. The summed E-state index contributed by atoms with van der Waals surface area (Å²) in [4.78, 5) is 55.0. The van der Waals surface area contributed by atoms with E-state index in [2.05, 4.69) is 15.6 Å². The highest BCUT2D eigenvalue weighted by Gasteiger charge is 2.34. The Morgan fingerprint density at radius 1 is 1.26 bits per heavy atom. The van der Waals surface area contributed by atoms with Crippen molar-refractivity contribution in [3.8, 4) is 0 Å². The Kier molecular flexibility index (Phi) is 10.0. The van der Waals surface area contributed by atoms with Gasteiger partial charge >= 0.3 is 5.97 Å². The monoisotopic (exact) mass is 488 g/mol. The maximum absolute atomic E-state index is 12.9. The number of amides is 2. The average Bonchev–Trinajstić information content (AvgIpc) is 3.28. The maximum Gasteiger partial charge on any atom is 0.340 e. The van der Waals surface area contributed by atoms with Crippen molar-refractivity contribution < 1.29 is 23.9 Å². The number of para-hydroxylation sites is 1. The molecule has 1 aliphatic rings. The number of anilines is 1. The number of esters is 1. The van der Waals surface area contributed by atoms with E-state index in [4.69, 9.17) is 16.2 Å². The van der Waals surface area contributed by atoms with Gasteiger partial charge in [-0.25, -0.2) is 4.79 Å². The van der Waals surface area contributed by atoms with E-state index < -0.39 is 23.7 Å². The Morgan fingerprint density at radius 3 is 2.63 bits per heavy atom. The second kappa shape index (κ2) is 12.7. The van der Waals surface area contributed by atoms with Crippen molar-refractivity contribution in [3.63, 3.8) is 0 Å². The highest BCUT2D eigenvalue weighted by Crippen LogP contribution is 2.21. The SMILES string of the molecule is CC(C)(C)OC(=O)c1ccccc1NCC(=O)N1CCC[C@H]1C(=O)N[C@H](C=O)CCCN=C(N)N. The molecule has 0 aromatic heterocycles. The molecule has 35 heavy (non-hydrogen) atoms.